The van der Waals surface area contributed by atoms with Crippen LogP contribution in [-0.4, -0.2) is 12.1 Å². The van der Waals surface area contributed by atoms with Crippen LogP contribution in [0.15, 0.2) is 42.7 Å². The van der Waals surface area contributed by atoms with E-state index in [0.29, 0.717) is 5.75 Å². The fourth-order valence-electron chi connectivity index (χ4n) is 2.12. The number of pyridine rings is 1. The van der Waals surface area contributed by atoms with Gasteiger partial charge in [-0.3, -0.25) is 4.98 Å². The van der Waals surface area contributed by atoms with E-state index in [4.69, 9.17) is 10.5 Å². The van der Waals surface area contributed by atoms with Crippen molar-refractivity contribution in [2.75, 3.05) is 7.11 Å². The van der Waals surface area contributed by atoms with Crippen LogP contribution in [-0.2, 0) is 12.6 Å². The Hall–Kier alpha value is -2.08. The molecule has 1 aromatic carbocycles. The predicted octanol–water partition coefficient (Wildman–Crippen LogP) is 3.35. The molecule has 112 valence electrons. The molecule has 0 saturated heterocycles. The van der Waals surface area contributed by atoms with Crippen molar-refractivity contribution >= 4 is 0 Å². The summed E-state index contributed by atoms with van der Waals surface area (Å²) in [5.74, 6) is 0.641. The Bertz CT molecular complexity index is 614. The second kappa shape index (κ2) is 6.13. The molecule has 0 saturated carbocycles. The highest BCUT2D eigenvalue weighted by Gasteiger charge is 2.34. The summed E-state index contributed by atoms with van der Waals surface area (Å²) in [6.07, 6.45) is -1.88. The Morgan fingerprint density at radius 2 is 2.05 bits per heavy atom. The predicted molar refractivity (Wildman–Crippen MR) is 72.9 cm³/mol. The van der Waals surface area contributed by atoms with E-state index >= 15 is 0 Å². The molecule has 0 bridgehead atoms. The summed E-state index contributed by atoms with van der Waals surface area (Å²) in [6.45, 7) is 0. The summed E-state index contributed by atoms with van der Waals surface area (Å²) >= 11 is 0. The monoisotopic (exact) mass is 296 g/mol. The smallest absolute Gasteiger partial charge is 0.416 e. The number of nitrogens with zero attached hydrogens (tertiary/aromatic N) is 1. The fourth-order valence-corrected chi connectivity index (χ4v) is 2.12. The third-order valence-electron chi connectivity index (χ3n) is 3.15. The van der Waals surface area contributed by atoms with Gasteiger partial charge in [0.25, 0.3) is 0 Å². The van der Waals surface area contributed by atoms with E-state index in [0.717, 1.165) is 17.8 Å². The summed E-state index contributed by atoms with van der Waals surface area (Å²) in [7, 11) is 1.53. The molecule has 1 unspecified atom stereocenters. The van der Waals surface area contributed by atoms with Gasteiger partial charge in [0.05, 0.1) is 12.7 Å². The van der Waals surface area contributed by atoms with Crippen molar-refractivity contribution in [2.24, 2.45) is 5.73 Å². The molecule has 0 aliphatic carbocycles. The largest absolute Gasteiger partial charge is 0.497 e. The van der Waals surface area contributed by atoms with Crippen LogP contribution in [0.25, 0.3) is 0 Å². The quantitative estimate of drug-likeness (QED) is 0.941. The molecule has 2 aromatic rings. The van der Waals surface area contributed by atoms with E-state index in [1.54, 1.807) is 24.3 Å². The highest BCUT2D eigenvalue weighted by atomic mass is 19.4. The van der Waals surface area contributed by atoms with Crippen molar-refractivity contribution < 1.29 is 17.9 Å². The molecule has 0 aliphatic rings. The number of hydrogen-bond donors (Lipinski definition) is 1. The molecular formula is C15H15F3N2O. The van der Waals surface area contributed by atoms with Crippen LogP contribution in [0.1, 0.15) is 22.7 Å². The van der Waals surface area contributed by atoms with Crippen LogP contribution in [0.5, 0.6) is 5.75 Å². The van der Waals surface area contributed by atoms with Crippen LogP contribution in [0.4, 0.5) is 13.2 Å². The molecular weight excluding hydrogens is 281 g/mol. The van der Waals surface area contributed by atoms with Gasteiger partial charge in [0.2, 0.25) is 0 Å². The number of halogens is 3. The third kappa shape index (κ3) is 3.72. The number of aromatic nitrogens is 1. The van der Waals surface area contributed by atoms with Crippen molar-refractivity contribution in [2.45, 2.75) is 18.6 Å². The van der Waals surface area contributed by atoms with Crippen LogP contribution in [0.3, 0.4) is 0 Å². The minimum atomic E-state index is -4.44. The van der Waals surface area contributed by atoms with Crippen molar-refractivity contribution in [3.8, 4) is 5.75 Å². The summed E-state index contributed by atoms with van der Waals surface area (Å²) in [4.78, 5) is 3.75. The summed E-state index contributed by atoms with van der Waals surface area (Å²) in [5.41, 5.74) is 5.99. The first-order valence-electron chi connectivity index (χ1n) is 6.31. The Kier molecular flexibility index (Phi) is 4.47. The molecule has 2 rings (SSSR count). The molecule has 1 atom stereocenters. The lowest BCUT2D eigenvalue weighted by atomic mass is 9.97. The van der Waals surface area contributed by atoms with Crippen molar-refractivity contribution in [3.05, 3.63) is 59.4 Å². The molecule has 0 fully saturated rings. The molecule has 0 spiro atoms. The van der Waals surface area contributed by atoms with Gasteiger partial charge in [0.1, 0.15) is 5.75 Å². The zero-order valence-electron chi connectivity index (χ0n) is 11.4. The van der Waals surface area contributed by atoms with Crippen molar-refractivity contribution in [3.63, 3.8) is 0 Å². The second-order valence-corrected chi connectivity index (χ2v) is 4.62. The number of rotatable bonds is 4. The first-order valence-corrected chi connectivity index (χ1v) is 6.31. The molecule has 0 aliphatic heterocycles. The lowest BCUT2D eigenvalue weighted by Crippen LogP contribution is -2.19. The summed E-state index contributed by atoms with van der Waals surface area (Å²) < 4.78 is 44.0. The molecule has 0 radical (unpaired) electrons. The van der Waals surface area contributed by atoms with Crippen LogP contribution < -0.4 is 10.5 Å². The highest BCUT2D eigenvalue weighted by Crippen LogP contribution is 2.34. The molecule has 21 heavy (non-hydrogen) atoms. The van der Waals surface area contributed by atoms with E-state index in [1.807, 2.05) is 0 Å². The van der Waals surface area contributed by atoms with E-state index in [9.17, 15) is 13.2 Å². The minimum Gasteiger partial charge on any atom is -0.497 e. The zero-order valence-corrected chi connectivity index (χ0v) is 11.4. The SMILES string of the molecule is COc1cccc(CC(N)c2cnccc2C(F)(F)F)c1. The van der Waals surface area contributed by atoms with Crippen LogP contribution in [0.2, 0.25) is 0 Å². The third-order valence-corrected chi connectivity index (χ3v) is 3.15. The van der Waals surface area contributed by atoms with Crippen LogP contribution in [0, 0.1) is 0 Å². The van der Waals surface area contributed by atoms with Gasteiger partial charge in [-0.1, -0.05) is 12.1 Å². The Balaban J connectivity index is 2.26. The number of hydrogen-bond acceptors (Lipinski definition) is 3. The molecule has 1 aromatic heterocycles. The van der Waals surface area contributed by atoms with Crippen molar-refractivity contribution in [1.29, 1.82) is 0 Å². The number of ether oxygens (including phenoxy) is 1. The average molecular weight is 296 g/mol. The van der Waals surface area contributed by atoms with Crippen LogP contribution >= 0.6 is 0 Å². The maximum atomic E-state index is 13.0. The number of benzene rings is 1. The van der Waals surface area contributed by atoms with Gasteiger partial charge in [-0.2, -0.15) is 13.2 Å². The fraction of sp³-hybridized carbons (Fsp3) is 0.267. The Morgan fingerprint density at radius 1 is 1.29 bits per heavy atom. The second-order valence-electron chi connectivity index (χ2n) is 4.62. The van der Waals surface area contributed by atoms with Gasteiger partial charge < -0.3 is 10.5 Å². The van der Waals surface area contributed by atoms with E-state index in [2.05, 4.69) is 4.98 Å². The average Bonchev–Trinajstić information content (AvgIpc) is 2.46. The molecule has 0 amide bonds. The standard InChI is InChI=1S/C15H15F3N2O/c1-21-11-4-2-3-10(7-11)8-14(19)12-9-20-6-5-13(12)15(16,17)18/h2-7,9,14H,8,19H2,1H3. The van der Waals surface area contributed by atoms with Gasteiger partial charge >= 0.3 is 6.18 Å². The molecule has 1 heterocycles. The molecule has 6 heteroatoms. The maximum Gasteiger partial charge on any atom is 0.416 e. The summed E-state index contributed by atoms with van der Waals surface area (Å²) in [6, 6.07) is 7.24. The Morgan fingerprint density at radius 3 is 2.71 bits per heavy atom. The Labute approximate surface area is 120 Å². The maximum absolute atomic E-state index is 13.0. The van der Waals surface area contributed by atoms with Crippen molar-refractivity contribution in [1.82, 2.24) is 4.98 Å². The topological polar surface area (TPSA) is 48.1 Å². The van der Waals surface area contributed by atoms with Gasteiger partial charge in [-0.15, -0.1) is 0 Å². The zero-order chi connectivity index (χ0) is 15.5. The highest BCUT2D eigenvalue weighted by molar-refractivity contribution is 5.33. The van der Waals surface area contributed by atoms with E-state index < -0.39 is 17.8 Å². The van der Waals surface area contributed by atoms with Gasteiger partial charge in [-0.25, -0.2) is 0 Å². The lowest BCUT2D eigenvalue weighted by Gasteiger charge is -2.18. The first kappa shape index (κ1) is 15.3. The van der Waals surface area contributed by atoms with Gasteiger partial charge in [0.15, 0.2) is 0 Å². The van der Waals surface area contributed by atoms with Gasteiger partial charge in [-0.05, 0) is 35.7 Å². The normalized spacial score (nSPS) is 13.0. The molecule has 3 nitrogen and oxygen atoms in total. The number of alkyl halides is 3. The minimum absolute atomic E-state index is 0.00665. The molecule has 2 N–H and O–H groups in total. The van der Waals surface area contributed by atoms with E-state index in [-0.39, 0.29) is 12.0 Å². The first-order chi connectivity index (χ1) is 9.91. The van der Waals surface area contributed by atoms with E-state index in [1.165, 1.54) is 13.3 Å². The number of nitrogens with two attached hydrogens (primary N) is 1. The van der Waals surface area contributed by atoms with Gasteiger partial charge in [0, 0.05) is 18.4 Å². The number of methoxy groups -OCH3 is 1. The lowest BCUT2D eigenvalue weighted by molar-refractivity contribution is -0.138. The summed E-state index contributed by atoms with van der Waals surface area (Å²) in [5, 5.41) is 0.